The van der Waals surface area contributed by atoms with E-state index in [9.17, 15) is 10.1 Å². The smallest absolute Gasteiger partial charge is 0.329 e. The van der Waals surface area contributed by atoms with Gasteiger partial charge in [-0.3, -0.25) is 10.1 Å². The van der Waals surface area contributed by atoms with Crippen LogP contribution in [0.15, 0.2) is 6.20 Å². The first-order valence-corrected chi connectivity index (χ1v) is 4.61. The van der Waals surface area contributed by atoms with Gasteiger partial charge in [0.25, 0.3) is 0 Å². The summed E-state index contributed by atoms with van der Waals surface area (Å²) in [5.74, 6) is -0.141. The monoisotopic (exact) mass is 248 g/mol. The Morgan fingerprint density at radius 2 is 2.19 bits per heavy atom. The van der Waals surface area contributed by atoms with E-state index in [0.29, 0.717) is 0 Å². The third-order valence-corrected chi connectivity index (χ3v) is 1.90. The summed E-state index contributed by atoms with van der Waals surface area (Å²) in [6, 6.07) is -0.746. The molecule has 0 amide bonds. The molecule has 0 saturated heterocycles. The number of hydrogen-bond acceptors (Lipinski definition) is 7. The molecule has 0 atom stereocenters. The van der Waals surface area contributed by atoms with Crippen molar-refractivity contribution in [1.29, 1.82) is 0 Å². The molecule has 0 aromatic carbocycles. The molecule has 1 aromatic rings. The lowest BCUT2D eigenvalue weighted by atomic mass is 10.3. The predicted octanol–water partition coefficient (Wildman–Crippen LogP) is -0.197. The first-order valence-electron chi connectivity index (χ1n) is 4.23. The zero-order chi connectivity index (χ0) is 12.1. The van der Waals surface area contributed by atoms with Crippen LogP contribution in [0.1, 0.15) is 0 Å². The van der Waals surface area contributed by atoms with E-state index >= 15 is 0 Å². The number of aliphatic hydroxyl groups is 2. The normalized spacial score (nSPS) is 10.5. The highest BCUT2D eigenvalue weighted by molar-refractivity contribution is 6.28. The number of rotatable bonds is 5. The quantitative estimate of drug-likeness (QED) is 0.375. The molecular weight excluding hydrogens is 240 g/mol. The van der Waals surface area contributed by atoms with Crippen molar-refractivity contribution in [2.75, 3.05) is 18.5 Å². The Labute approximate surface area is 95.1 Å². The van der Waals surface area contributed by atoms with E-state index in [1.807, 2.05) is 0 Å². The molecule has 0 saturated carbocycles. The van der Waals surface area contributed by atoms with E-state index in [0.717, 1.165) is 6.20 Å². The molecule has 0 aliphatic rings. The Hall–Kier alpha value is -1.51. The van der Waals surface area contributed by atoms with Gasteiger partial charge >= 0.3 is 5.69 Å². The molecule has 1 aromatic heterocycles. The summed E-state index contributed by atoms with van der Waals surface area (Å²) in [7, 11) is 0. The Bertz CT molecular complexity index is 385. The molecule has 0 fully saturated rings. The lowest BCUT2D eigenvalue weighted by molar-refractivity contribution is -0.384. The molecule has 0 unspecified atom stereocenters. The fourth-order valence-electron chi connectivity index (χ4n) is 0.936. The highest BCUT2D eigenvalue weighted by Gasteiger charge is 2.19. The summed E-state index contributed by atoms with van der Waals surface area (Å²) < 4.78 is 0. The van der Waals surface area contributed by atoms with E-state index in [2.05, 4.69) is 15.3 Å². The van der Waals surface area contributed by atoms with E-state index in [-0.39, 0.29) is 16.8 Å². The van der Waals surface area contributed by atoms with Gasteiger partial charge in [0, 0.05) is 0 Å². The van der Waals surface area contributed by atoms with Gasteiger partial charge in [0.15, 0.2) is 0 Å². The lowest BCUT2D eigenvalue weighted by Gasteiger charge is -2.13. The van der Waals surface area contributed by atoms with E-state index < -0.39 is 24.2 Å². The van der Waals surface area contributed by atoms with Crippen LogP contribution in [0.4, 0.5) is 11.5 Å². The minimum atomic E-state index is -0.746. The fraction of sp³-hybridized carbons (Fsp3) is 0.429. The third kappa shape index (κ3) is 2.99. The van der Waals surface area contributed by atoms with Gasteiger partial charge in [0.05, 0.1) is 24.2 Å². The van der Waals surface area contributed by atoms with Gasteiger partial charge in [-0.25, -0.2) is 4.98 Å². The minimum Gasteiger partial charge on any atom is -0.394 e. The van der Waals surface area contributed by atoms with E-state index in [1.165, 1.54) is 0 Å². The van der Waals surface area contributed by atoms with Crippen molar-refractivity contribution < 1.29 is 15.1 Å². The average molecular weight is 249 g/mol. The first-order chi connectivity index (χ1) is 7.58. The van der Waals surface area contributed by atoms with Gasteiger partial charge < -0.3 is 15.5 Å². The second kappa shape index (κ2) is 5.54. The molecule has 16 heavy (non-hydrogen) atoms. The maximum absolute atomic E-state index is 10.6. The van der Waals surface area contributed by atoms with Crippen molar-refractivity contribution in [1.82, 2.24) is 9.97 Å². The van der Waals surface area contributed by atoms with Gasteiger partial charge in [0.2, 0.25) is 11.1 Å². The number of nitrogens with one attached hydrogen (secondary N) is 1. The second-order valence-electron chi connectivity index (χ2n) is 2.84. The zero-order valence-corrected chi connectivity index (χ0v) is 8.76. The topological polar surface area (TPSA) is 121 Å². The van der Waals surface area contributed by atoms with Crippen LogP contribution in [0.3, 0.4) is 0 Å². The van der Waals surface area contributed by atoms with Crippen LogP contribution in [-0.4, -0.2) is 44.4 Å². The Kier molecular flexibility index (Phi) is 4.35. The summed E-state index contributed by atoms with van der Waals surface area (Å²) in [5.41, 5.74) is -0.378. The van der Waals surface area contributed by atoms with Gasteiger partial charge in [-0.05, 0) is 11.6 Å². The van der Waals surface area contributed by atoms with Crippen LogP contribution in [0.2, 0.25) is 5.28 Å². The number of halogens is 1. The van der Waals surface area contributed by atoms with Crippen LogP contribution in [0, 0.1) is 10.1 Å². The minimum absolute atomic E-state index is 0.141. The van der Waals surface area contributed by atoms with Crippen molar-refractivity contribution in [3.05, 3.63) is 21.6 Å². The average Bonchev–Trinajstić information content (AvgIpc) is 2.25. The van der Waals surface area contributed by atoms with Gasteiger partial charge in [-0.1, -0.05) is 0 Å². The Morgan fingerprint density at radius 3 is 2.69 bits per heavy atom. The summed E-state index contributed by atoms with van der Waals surface area (Å²) in [6.07, 6.45) is 0.948. The molecule has 8 nitrogen and oxygen atoms in total. The van der Waals surface area contributed by atoms with Crippen LogP contribution in [0.5, 0.6) is 0 Å². The summed E-state index contributed by atoms with van der Waals surface area (Å²) in [4.78, 5) is 17.0. The Balaban J connectivity index is 3.00. The van der Waals surface area contributed by atoms with Crippen molar-refractivity contribution in [2.45, 2.75) is 6.04 Å². The largest absolute Gasteiger partial charge is 0.394 e. The number of nitro groups is 1. The highest BCUT2D eigenvalue weighted by Crippen LogP contribution is 2.22. The molecule has 3 N–H and O–H groups in total. The van der Waals surface area contributed by atoms with Gasteiger partial charge in [-0.15, -0.1) is 0 Å². The summed E-state index contributed by atoms with van der Waals surface area (Å²) >= 11 is 5.48. The van der Waals surface area contributed by atoms with Crippen molar-refractivity contribution in [2.24, 2.45) is 0 Å². The second-order valence-corrected chi connectivity index (χ2v) is 3.17. The molecule has 0 spiro atoms. The molecule has 1 rings (SSSR count). The molecular formula is C7H9ClN4O4. The molecule has 9 heteroatoms. The summed E-state index contributed by atoms with van der Waals surface area (Å²) in [6.45, 7) is -0.787. The fourth-order valence-corrected chi connectivity index (χ4v) is 1.07. The molecule has 88 valence electrons. The number of aromatic nitrogens is 2. The van der Waals surface area contributed by atoms with Crippen molar-refractivity contribution in [3.63, 3.8) is 0 Å². The van der Waals surface area contributed by atoms with Crippen molar-refractivity contribution in [3.8, 4) is 0 Å². The van der Waals surface area contributed by atoms with Crippen LogP contribution in [0.25, 0.3) is 0 Å². The van der Waals surface area contributed by atoms with Gasteiger partial charge in [0.1, 0.15) is 6.20 Å². The standard InChI is InChI=1S/C7H9ClN4O4/c8-7-9-1-5(12(15)16)6(11-7)10-4(2-13)3-14/h1,4,13-14H,2-3H2,(H,9,10,11). The highest BCUT2D eigenvalue weighted by atomic mass is 35.5. The maximum Gasteiger partial charge on any atom is 0.329 e. The number of aliphatic hydroxyl groups excluding tert-OH is 2. The van der Waals surface area contributed by atoms with Gasteiger partial charge in [-0.2, -0.15) is 4.98 Å². The number of nitrogens with zero attached hydrogens (tertiary/aromatic N) is 3. The lowest BCUT2D eigenvalue weighted by Crippen LogP contribution is -2.28. The first kappa shape index (κ1) is 12.6. The molecule has 0 aliphatic carbocycles. The van der Waals surface area contributed by atoms with Crippen LogP contribution in [-0.2, 0) is 0 Å². The molecule has 1 heterocycles. The maximum atomic E-state index is 10.6. The molecule has 0 bridgehead atoms. The molecule has 0 radical (unpaired) electrons. The van der Waals surface area contributed by atoms with Crippen LogP contribution >= 0.6 is 11.6 Å². The van der Waals surface area contributed by atoms with E-state index in [4.69, 9.17) is 21.8 Å². The Morgan fingerprint density at radius 1 is 1.56 bits per heavy atom. The third-order valence-electron chi connectivity index (χ3n) is 1.72. The zero-order valence-electron chi connectivity index (χ0n) is 8.00. The van der Waals surface area contributed by atoms with Crippen molar-refractivity contribution >= 4 is 23.1 Å². The number of hydrogen-bond donors (Lipinski definition) is 3. The summed E-state index contributed by atoms with van der Waals surface area (Å²) in [5, 5.41) is 30.6. The number of anilines is 1. The van der Waals surface area contributed by atoms with E-state index in [1.54, 1.807) is 0 Å². The SMILES string of the molecule is O=[N+]([O-])c1cnc(Cl)nc1NC(CO)CO. The predicted molar refractivity (Wildman–Crippen MR) is 55.3 cm³/mol. The van der Waals surface area contributed by atoms with Crippen LogP contribution < -0.4 is 5.32 Å². The molecule has 0 aliphatic heterocycles.